The lowest BCUT2D eigenvalue weighted by Crippen LogP contribution is -2.29. The number of imidazole rings is 1. The van der Waals surface area contributed by atoms with Crippen molar-refractivity contribution in [2.75, 3.05) is 0 Å². The van der Waals surface area contributed by atoms with Crippen molar-refractivity contribution in [3.05, 3.63) is 18.2 Å². The van der Waals surface area contributed by atoms with Crippen LogP contribution in [0.25, 0.3) is 0 Å². The molecule has 1 heterocycles. The van der Waals surface area contributed by atoms with Crippen molar-refractivity contribution in [3.8, 4) is 0 Å². The summed E-state index contributed by atoms with van der Waals surface area (Å²) in [6, 6.07) is 0. The second-order valence-electron chi connectivity index (χ2n) is 4.06. The van der Waals surface area contributed by atoms with Gasteiger partial charge < -0.3 is 0 Å². The van der Waals surface area contributed by atoms with Crippen LogP contribution in [-0.2, 0) is 13.6 Å². The number of nitrogens with zero attached hydrogens (tertiary/aromatic N) is 2. The Morgan fingerprint density at radius 2 is 1.93 bits per heavy atom. The van der Waals surface area contributed by atoms with Gasteiger partial charge in [0.15, 0.2) is 0 Å². The van der Waals surface area contributed by atoms with Gasteiger partial charge in [0, 0.05) is 6.92 Å². The van der Waals surface area contributed by atoms with Gasteiger partial charge in [-0.15, -0.1) is 0 Å². The van der Waals surface area contributed by atoms with Gasteiger partial charge in [-0.05, 0) is 12.8 Å². The number of rotatable bonds is 6. The Morgan fingerprint density at radius 1 is 1.21 bits per heavy atom. The predicted molar refractivity (Wildman–Crippen MR) is 59.1 cm³/mol. The number of hydrogen-bond donors (Lipinski definition) is 0. The van der Waals surface area contributed by atoms with Gasteiger partial charge in [-0.2, -0.15) is 0 Å². The fraction of sp³-hybridized carbons (Fsp3) is 0.750. The van der Waals surface area contributed by atoms with Crippen LogP contribution in [0.4, 0.5) is 0 Å². The SMILES string of the molecule is CCCCCCCn1cc[n+](C)c1C. The summed E-state index contributed by atoms with van der Waals surface area (Å²) in [4.78, 5) is 0. The van der Waals surface area contributed by atoms with Crippen molar-refractivity contribution in [2.45, 2.75) is 52.5 Å². The molecule has 0 N–H and O–H groups in total. The third-order valence-electron chi connectivity index (χ3n) is 2.90. The van der Waals surface area contributed by atoms with Crippen molar-refractivity contribution in [1.29, 1.82) is 0 Å². The van der Waals surface area contributed by atoms with Crippen LogP contribution in [0.15, 0.2) is 12.4 Å². The molecule has 0 unspecified atom stereocenters. The average molecular weight is 195 g/mol. The smallest absolute Gasteiger partial charge is 0.237 e. The summed E-state index contributed by atoms with van der Waals surface area (Å²) in [5.41, 5.74) is 0. The summed E-state index contributed by atoms with van der Waals surface area (Å²) in [5.74, 6) is 1.35. The third-order valence-corrected chi connectivity index (χ3v) is 2.90. The molecule has 0 bridgehead atoms. The molecule has 1 rings (SSSR count). The van der Waals surface area contributed by atoms with E-state index in [2.05, 4.69) is 42.4 Å². The molecule has 0 aliphatic rings. The predicted octanol–water partition coefficient (Wildman–Crippen LogP) is 2.59. The molecule has 0 aliphatic heterocycles. The molecule has 0 atom stereocenters. The van der Waals surface area contributed by atoms with E-state index in [9.17, 15) is 0 Å². The molecular weight excluding hydrogens is 172 g/mol. The van der Waals surface area contributed by atoms with Gasteiger partial charge in [-0.1, -0.05) is 26.2 Å². The van der Waals surface area contributed by atoms with Crippen LogP contribution >= 0.6 is 0 Å². The molecule has 0 aromatic carbocycles. The third kappa shape index (κ3) is 3.17. The van der Waals surface area contributed by atoms with E-state index < -0.39 is 0 Å². The fourth-order valence-corrected chi connectivity index (χ4v) is 1.72. The number of aryl methyl sites for hydroxylation is 2. The van der Waals surface area contributed by atoms with E-state index in [-0.39, 0.29) is 0 Å². The Hall–Kier alpha value is -0.790. The lowest BCUT2D eigenvalue weighted by Gasteiger charge is -1.99. The topological polar surface area (TPSA) is 8.81 Å². The first-order chi connectivity index (χ1) is 6.75. The zero-order valence-electron chi connectivity index (χ0n) is 9.79. The molecule has 2 heteroatoms. The highest BCUT2D eigenvalue weighted by Crippen LogP contribution is 2.04. The van der Waals surface area contributed by atoms with Crippen molar-refractivity contribution in [3.63, 3.8) is 0 Å². The maximum atomic E-state index is 2.34. The second-order valence-corrected chi connectivity index (χ2v) is 4.06. The standard InChI is InChI=1S/C12H23N2/c1-4-5-6-7-8-9-14-11-10-13(3)12(14)2/h10-11H,4-9H2,1-3H3/q+1. The Labute approximate surface area is 87.6 Å². The van der Waals surface area contributed by atoms with Gasteiger partial charge in [-0.25, -0.2) is 9.13 Å². The van der Waals surface area contributed by atoms with Crippen molar-refractivity contribution >= 4 is 0 Å². The number of hydrogen-bond acceptors (Lipinski definition) is 0. The van der Waals surface area contributed by atoms with E-state index in [1.54, 1.807) is 0 Å². The zero-order chi connectivity index (χ0) is 10.4. The minimum atomic E-state index is 1.18. The summed E-state index contributed by atoms with van der Waals surface area (Å²) < 4.78 is 4.51. The van der Waals surface area contributed by atoms with Crippen molar-refractivity contribution < 1.29 is 4.57 Å². The second kappa shape index (κ2) is 5.84. The van der Waals surface area contributed by atoms with Gasteiger partial charge in [0.1, 0.15) is 12.4 Å². The van der Waals surface area contributed by atoms with E-state index in [1.807, 2.05) is 0 Å². The van der Waals surface area contributed by atoms with Crippen LogP contribution in [0.1, 0.15) is 44.9 Å². The van der Waals surface area contributed by atoms with E-state index >= 15 is 0 Å². The molecule has 1 aromatic rings. The summed E-state index contributed by atoms with van der Waals surface area (Å²) in [7, 11) is 2.10. The average Bonchev–Trinajstić information content (AvgIpc) is 2.49. The molecule has 80 valence electrons. The summed E-state index contributed by atoms with van der Waals surface area (Å²) in [6.45, 7) is 5.61. The molecule has 2 nitrogen and oxygen atoms in total. The minimum absolute atomic E-state index is 1.18. The molecule has 0 fully saturated rings. The maximum absolute atomic E-state index is 2.34. The van der Waals surface area contributed by atoms with Crippen molar-refractivity contribution in [2.24, 2.45) is 7.05 Å². The molecule has 14 heavy (non-hydrogen) atoms. The Morgan fingerprint density at radius 3 is 2.50 bits per heavy atom. The largest absolute Gasteiger partial charge is 0.253 e. The first-order valence-corrected chi connectivity index (χ1v) is 5.77. The first-order valence-electron chi connectivity index (χ1n) is 5.77. The van der Waals surface area contributed by atoms with Gasteiger partial charge in [-0.3, -0.25) is 0 Å². The molecule has 0 saturated heterocycles. The van der Waals surface area contributed by atoms with E-state index in [0.717, 1.165) is 0 Å². The van der Waals surface area contributed by atoms with Crippen LogP contribution in [0.5, 0.6) is 0 Å². The zero-order valence-corrected chi connectivity index (χ0v) is 9.79. The normalized spacial score (nSPS) is 10.8. The van der Waals surface area contributed by atoms with Gasteiger partial charge in [0.2, 0.25) is 0 Å². The molecule has 0 saturated carbocycles. The van der Waals surface area contributed by atoms with Gasteiger partial charge >= 0.3 is 0 Å². The summed E-state index contributed by atoms with van der Waals surface area (Å²) in [6.07, 6.45) is 11.1. The van der Waals surface area contributed by atoms with Crippen LogP contribution in [-0.4, -0.2) is 4.57 Å². The van der Waals surface area contributed by atoms with E-state index in [1.165, 1.54) is 44.5 Å². The lowest BCUT2D eigenvalue weighted by molar-refractivity contribution is -0.677. The molecule has 0 radical (unpaired) electrons. The van der Waals surface area contributed by atoms with E-state index in [0.29, 0.717) is 0 Å². The highest BCUT2D eigenvalue weighted by molar-refractivity contribution is 4.78. The molecule has 1 aromatic heterocycles. The first kappa shape index (κ1) is 11.3. The summed E-state index contributed by atoms with van der Waals surface area (Å²) >= 11 is 0. The van der Waals surface area contributed by atoms with Crippen LogP contribution in [0, 0.1) is 6.92 Å². The quantitative estimate of drug-likeness (QED) is 0.487. The fourth-order valence-electron chi connectivity index (χ4n) is 1.72. The molecule has 0 amide bonds. The number of unbranched alkanes of at least 4 members (excludes halogenated alkanes) is 4. The lowest BCUT2D eigenvalue weighted by atomic mass is 10.1. The minimum Gasteiger partial charge on any atom is -0.237 e. The number of aromatic nitrogens is 2. The van der Waals surface area contributed by atoms with Crippen LogP contribution < -0.4 is 4.57 Å². The highest BCUT2D eigenvalue weighted by atomic mass is 15.1. The van der Waals surface area contributed by atoms with Crippen LogP contribution in [0.2, 0.25) is 0 Å². The Bertz CT molecular complexity index is 263. The summed E-state index contributed by atoms with van der Waals surface area (Å²) in [5, 5.41) is 0. The molecular formula is C12H23N2+. The highest BCUT2D eigenvalue weighted by Gasteiger charge is 2.06. The van der Waals surface area contributed by atoms with Gasteiger partial charge in [0.25, 0.3) is 5.82 Å². The Kier molecular flexibility index (Phi) is 4.71. The Balaban J connectivity index is 2.21. The van der Waals surface area contributed by atoms with Crippen molar-refractivity contribution in [1.82, 2.24) is 4.57 Å². The monoisotopic (exact) mass is 195 g/mol. The van der Waals surface area contributed by atoms with E-state index in [4.69, 9.17) is 0 Å². The molecule has 0 aliphatic carbocycles. The van der Waals surface area contributed by atoms with Crippen LogP contribution in [0.3, 0.4) is 0 Å². The molecule has 0 spiro atoms. The van der Waals surface area contributed by atoms with Gasteiger partial charge in [0.05, 0.1) is 13.6 Å². The maximum Gasteiger partial charge on any atom is 0.253 e.